The fourth-order valence-electron chi connectivity index (χ4n) is 3.02. The zero-order valence-electron chi connectivity index (χ0n) is 10.8. The van der Waals surface area contributed by atoms with Crippen LogP contribution >= 0.6 is 0 Å². The van der Waals surface area contributed by atoms with Crippen LogP contribution in [0.3, 0.4) is 0 Å². The highest BCUT2D eigenvalue weighted by molar-refractivity contribution is 5.81. The van der Waals surface area contributed by atoms with Gasteiger partial charge in [0, 0.05) is 10.9 Å². The molecule has 2 heterocycles. The summed E-state index contributed by atoms with van der Waals surface area (Å²) in [6.45, 7) is 6.10. The Morgan fingerprint density at radius 3 is 2.94 bits per heavy atom. The smallest absolute Gasteiger partial charge is 0.137 e. The average molecular weight is 247 g/mol. The van der Waals surface area contributed by atoms with Gasteiger partial charge in [-0.2, -0.15) is 0 Å². The normalized spacial score (nSPS) is 24.6. The quantitative estimate of drug-likeness (QED) is 0.833. The van der Waals surface area contributed by atoms with Crippen LogP contribution in [0.15, 0.2) is 22.6 Å². The molecule has 0 saturated carbocycles. The van der Waals surface area contributed by atoms with E-state index in [0.717, 1.165) is 41.8 Å². The van der Waals surface area contributed by atoms with E-state index >= 15 is 0 Å². The lowest BCUT2D eigenvalue weighted by Gasteiger charge is -2.29. The highest BCUT2D eigenvalue weighted by Crippen LogP contribution is 2.36. The second-order valence-corrected chi connectivity index (χ2v) is 5.35. The van der Waals surface area contributed by atoms with Crippen molar-refractivity contribution in [2.24, 2.45) is 5.92 Å². The topological polar surface area (TPSA) is 25.2 Å². The van der Waals surface area contributed by atoms with Gasteiger partial charge in [0.2, 0.25) is 0 Å². The van der Waals surface area contributed by atoms with Crippen molar-refractivity contribution in [3.05, 3.63) is 35.3 Å². The van der Waals surface area contributed by atoms with Crippen molar-refractivity contribution >= 4 is 11.0 Å². The number of fused-ring (bicyclic) bond motifs is 1. The van der Waals surface area contributed by atoms with Crippen LogP contribution in [-0.4, -0.2) is 13.1 Å². The van der Waals surface area contributed by atoms with Crippen LogP contribution in [0.25, 0.3) is 11.0 Å². The SMILES string of the molecule is Cc1cc2cc(F)cc([C@@H]3CCNC[C@@H]3C)c2o1. The maximum atomic E-state index is 13.7. The summed E-state index contributed by atoms with van der Waals surface area (Å²) in [5, 5.41) is 4.26. The fourth-order valence-corrected chi connectivity index (χ4v) is 3.02. The van der Waals surface area contributed by atoms with E-state index in [4.69, 9.17) is 4.42 Å². The van der Waals surface area contributed by atoms with Crippen LogP contribution in [0.2, 0.25) is 0 Å². The van der Waals surface area contributed by atoms with Crippen molar-refractivity contribution < 1.29 is 8.81 Å². The molecule has 2 atom stereocenters. The maximum absolute atomic E-state index is 13.7. The Labute approximate surface area is 106 Å². The van der Waals surface area contributed by atoms with Gasteiger partial charge < -0.3 is 9.73 Å². The highest BCUT2D eigenvalue weighted by Gasteiger charge is 2.26. The lowest BCUT2D eigenvalue weighted by Crippen LogP contribution is -2.33. The largest absolute Gasteiger partial charge is 0.461 e. The minimum absolute atomic E-state index is 0.163. The summed E-state index contributed by atoms with van der Waals surface area (Å²) in [4.78, 5) is 0. The molecule has 1 saturated heterocycles. The van der Waals surface area contributed by atoms with Gasteiger partial charge in [-0.15, -0.1) is 0 Å². The van der Waals surface area contributed by atoms with Gasteiger partial charge in [0.25, 0.3) is 0 Å². The number of piperidine rings is 1. The van der Waals surface area contributed by atoms with Crippen molar-refractivity contribution in [2.75, 3.05) is 13.1 Å². The Bertz CT molecular complexity index is 575. The molecular formula is C15H18FNO. The van der Waals surface area contributed by atoms with Crippen LogP contribution in [0.5, 0.6) is 0 Å². The molecule has 1 aliphatic heterocycles. The first kappa shape index (κ1) is 11.7. The number of hydrogen-bond acceptors (Lipinski definition) is 2. The van der Waals surface area contributed by atoms with Crippen LogP contribution in [0.4, 0.5) is 4.39 Å². The number of nitrogens with one attached hydrogen (secondary N) is 1. The molecule has 3 rings (SSSR count). The van der Waals surface area contributed by atoms with Gasteiger partial charge in [-0.3, -0.25) is 0 Å². The third-order valence-electron chi connectivity index (χ3n) is 3.92. The monoisotopic (exact) mass is 247 g/mol. The number of aryl methyl sites for hydroxylation is 1. The molecule has 0 bridgehead atoms. The first-order valence-corrected chi connectivity index (χ1v) is 6.55. The van der Waals surface area contributed by atoms with E-state index in [9.17, 15) is 4.39 Å². The average Bonchev–Trinajstić information content (AvgIpc) is 2.69. The Morgan fingerprint density at radius 2 is 2.17 bits per heavy atom. The van der Waals surface area contributed by atoms with Gasteiger partial charge in [0.05, 0.1) is 0 Å². The molecule has 2 aromatic rings. The summed E-state index contributed by atoms with van der Waals surface area (Å²) in [7, 11) is 0. The van der Waals surface area contributed by atoms with E-state index in [1.807, 2.05) is 13.0 Å². The van der Waals surface area contributed by atoms with Crippen molar-refractivity contribution in [1.29, 1.82) is 0 Å². The molecule has 96 valence electrons. The summed E-state index contributed by atoms with van der Waals surface area (Å²) < 4.78 is 19.5. The van der Waals surface area contributed by atoms with Crippen LogP contribution in [-0.2, 0) is 0 Å². The number of hydrogen-bond donors (Lipinski definition) is 1. The summed E-state index contributed by atoms with van der Waals surface area (Å²) in [5.74, 6) is 1.58. The molecule has 0 amide bonds. The van der Waals surface area contributed by atoms with Crippen LogP contribution < -0.4 is 5.32 Å². The Morgan fingerprint density at radius 1 is 1.33 bits per heavy atom. The molecule has 3 heteroatoms. The van der Waals surface area contributed by atoms with Crippen LogP contribution in [0.1, 0.15) is 30.6 Å². The maximum Gasteiger partial charge on any atom is 0.137 e. The molecule has 1 N–H and O–H groups in total. The van der Waals surface area contributed by atoms with E-state index in [-0.39, 0.29) is 5.82 Å². The third kappa shape index (κ3) is 1.93. The van der Waals surface area contributed by atoms with Gasteiger partial charge in [0.1, 0.15) is 17.2 Å². The van der Waals surface area contributed by atoms with Crippen molar-refractivity contribution in [2.45, 2.75) is 26.2 Å². The van der Waals surface area contributed by atoms with Gasteiger partial charge in [-0.25, -0.2) is 4.39 Å². The minimum atomic E-state index is -0.163. The first-order chi connectivity index (χ1) is 8.65. The highest BCUT2D eigenvalue weighted by atomic mass is 19.1. The predicted molar refractivity (Wildman–Crippen MR) is 70.3 cm³/mol. The second-order valence-electron chi connectivity index (χ2n) is 5.35. The Balaban J connectivity index is 2.14. The van der Waals surface area contributed by atoms with Crippen molar-refractivity contribution in [3.8, 4) is 0 Å². The molecule has 1 aromatic carbocycles. The molecule has 2 nitrogen and oxygen atoms in total. The van der Waals surface area contributed by atoms with E-state index in [0.29, 0.717) is 11.8 Å². The van der Waals surface area contributed by atoms with Gasteiger partial charge in [-0.1, -0.05) is 6.92 Å². The summed E-state index contributed by atoms with van der Waals surface area (Å²) >= 11 is 0. The Kier molecular flexibility index (Phi) is 2.86. The zero-order valence-corrected chi connectivity index (χ0v) is 10.8. The summed E-state index contributed by atoms with van der Waals surface area (Å²) in [5.41, 5.74) is 1.90. The first-order valence-electron chi connectivity index (χ1n) is 6.55. The van der Waals surface area contributed by atoms with E-state index in [2.05, 4.69) is 12.2 Å². The van der Waals surface area contributed by atoms with Crippen LogP contribution in [0, 0.1) is 18.7 Å². The lowest BCUT2D eigenvalue weighted by atomic mass is 9.82. The molecular weight excluding hydrogens is 229 g/mol. The molecule has 0 radical (unpaired) electrons. The molecule has 1 aliphatic rings. The van der Waals surface area contributed by atoms with Crippen molar-refractivity contribution in [1.82, 2.24) is 5.32 Å². The molecule has 0 unspecified atom stereocenters. The number of rotatable bonds is 1. The zero-order chi connectivity index (χ0) is 12.7. The third-order valence-corrected chi connectivity index (χ3v) is 3.92. The fraction of sp³-hybridized carbons (Fsp3) is 0.467. The van der Waals surface area contributed by atoms with Gasteiger partial charge >= 0.3 is 0 Å². The Hall–Kier alpha value is -1.35. The van der Waals surface area contributed by atoms with E-state index < -0.39 is 0 Å². The summed E-state index contributed by atoms with van der Waals surface area (Å²) in [6.07, 6.45) is 1.04. The van der Waals surface area contributed by atoms with E-state index in [1.165, 1.54) is 0 Å². The molecule has 0 spiro atoms. The predicted octanol–water partition coefficient (Wildman–Crippen LogP) is 3.59. The molecule has 18 heavy (non-hydrogen) atoms. The number of furan rings is 1. The summed E-state index contributed by atoms with van der Waals surface area (Å²) in [6, 6.07) is 5.12. The standard InChI is InChI=1S/C15H18FNO/c1-9-8-17-4-3-13(9)14-7-12(16)6-11-5-10(2)18-15(11)14/h5-7,9,13,17H,3-4,8H2,1-2H3/t9-,13+/m0/s1. The molecule has 0 aliphatic carbocycles. The van der Waals surface area contributed by atoms with Crippen molar-refractivity contribution in [3.63, 3.8) is 0 Å². The van der Waals surface area contributed by atoms with Gasteiger partial charge in [0.15, 0.2) is 0 Å². The number of benzene rings is 1. The second kappa shape index (κ2) is 4.39. The minimum Gasteiger partial charge on any atom is -0.461 e. The lowest BCUT2D eigenvalue weighted by molar-refractivity contribution is 0.348. The molecule has 1 fully saturated rings. The number of halogens is 1. The van der Waals surface area contributed by atoms with E-state index in [1.54, 1.807) is 12.1 Å². The van der Waals surface area contributed by atoms with Gasteiger partial charge in [-0.05, 0) is 56.5 Å². The molecule has 1 aromatic heterocycles.